The van der Waals surface area contributed by atoms with Gasteiger partial charge in [-0.25, -0.2) is 0 Å². The average molecular weight is 336 g/mol. The normalized spacial score (nSPS) is 21.8. The van der Waals surface area contributed by atoms with Gasteiger partial charge in [-0.2, -0.15) is 0 Å². The first kappa shape index (κ1) is 14.1. The molecule has 2 aromatic rings. The first-order valence-corrected chi connectivity index (χ1v) is 7.77. The third-order valence-corrected chi connectivity index (χ3v) is 4.86. The molecule has 0 spiro atoms. The maximum Gasteiger partial charge on any atom is 0.250 e. The van der Waals surface area contributed by atoms with Gasteiger partial charge in [0.05, 0.1) is 36.0 Å². The minimum absolute atomic E-state index is 0.00898. The Morgan fingerprint density at radius 3 is 2.76 bits per heavy atom. The number of benzene rings is 2. The zero-order chi connectivity index (χ0) is 17.3. The summed E-state index contributed by atoms with van der Waals surface area (Å²) >= 11 is 0. The number of carbonyl (C=O) groups is 2. The van der Waals surface area contributed by atoms with Gasteiger partial charge in [0.2, 0.25) is 5.78 Å². The molecule has 2 heterocycles. The van der Waals surface area contributed by atoms with Gasteiger partial charge in [-0.15, -0.1) is 0 Å². The van der Waals surface area contributed by atoms with Crippen molar-refractivity contribution in [1.82, 2.24) is 0 Å². The second-order valence-electron chi connectivity index (χ2n) is 6.08. The summed E-state index contributed by atoms with van der Waals surface area (Å²) < 4.78 is 16.2. The first-order chi connectivity index (χ1) is 12.1. The van der Waals surface area contributed by atoms with Crippen molar-refractivity contribution < 1.29 is 28.9 Å². The number of ether oxygens (including phenoxy) is 3. The summed E-state index contributed by atoms with van der Waals surface area (Å²) in [5, 5.41) is 10.8. The second-order valence-corrected chi connectivity index (χ2v) is 6.08. The van der Waals surface area contributed by atoms with Crippen LogP contribution in [-0.2, 0) is 4.74 Å². The van der Waals surface area contributed by atoms with Crippen molar-refractivity contribution in [3.05, 3.63) is 64.4 Å². The molecule has 6 heteroatoms. The number of fused-ring (bicyclic) bond motifs is 5. The van der Waals surface area contributed by atoms with Gasteiger partial charge in [-0.3, -0.25) is 9.59 Å². The standard InChI is InChI=1S/C19H12O6/c1-23-11-4-2-3-8-13(11)17(21)15-10(16(8)20)7-12-14(18(15)22)9-5-6-24-19(9)25-12/h2-7,9,19,22H,1H3. The van der Waals surface area contributed by atoms with E-state index in [1.165, 1.54) is 19.4 Å². The van der Waals surface area contributed by atoms with Crippen LogP contribution in [0.4, 0.5) is 0 Å². The average Bonchev–Trinajstić information content (AvgIpc) is 3.19. The predicted octanol–water partition coefficient (Wildman–Crippen LogP) is 2.52. The van der Waals surface area contributed by atoms with Crippen LogP contribution < -0.4 is 9.47 Å². The molecular weight excluding hydrogens is 324 g/mol. The van der Waals surface area contributed by atoms with Crippen LogP contribution in [0.3, 0.4) is 0 Å². The molecule has 6 nitrogen and oxygen atoms in total. The van der Waals surface area contributed by atoms with Crippen LogP contribution in [0.5, 0.6) is 17.2 Å². The monoisotopic (exact) mass is 336 g/mol. The Balaban J connectivity index is 1.79. The summed E-state index contributed by atoms with van der Waals surface area (Å²) in [5.74, 6) is -0.651. The summed E-state index contributed by atoms with van der Waals surface area (Å²) in [6.07, 6.45) is 2.68. The smallest absolute Gasteiger partial charge is 0.250 e. The van der Waals surface area contributed by atoms with Gasteiger partial charge in [0, 0.05) is 11.1 Å². The van der Waals surface area contributed by atoms with Crippen LogP contribution in [0, 0.1) is 0 Å². The summed E-state index contributed by atoms with van der Waals surface area (Å²) in [7, 11) is 1.44. The molecule has 25 heavy (non-hydrogen) atoms. The van der Waals surface area contributed by atoms with E-state index in [0.717, 1.165) is 0 Å². The lowest BCUT2D eigenvalue weighted by molar-refractivity contribution is -0.00487. The summed E-state index contributed by atoms with van der Waals surface area (Å²) in [5.41, 5.74) is 1.02. The Morgan fingerprint density at radius 2 is 1.96 bits per heavy atom. The number of rotatable bonds is 1. The number of hydrogen-bond acceptors (Lipinski definition) is 6. The number of aromatic hydroxyl groups is 1. The molecule has 1 aliphatic carbocycles. The van der Waals surface area contributed by atoms with E-state index in [0.29, 0.717) is 17.1 Å². The summed E-state index contributed by atoms with van der Waals surface area (Å²) in [6, 6.07) is 6.36. The highest BCUT2D eigenvalue weighted by molar-refractivity contribution is 6.30. The number of methoxy groups -OCH3 is 1. The molecule has 5 rings (SSSR count). The molecule has 0 saturated heterocycles. The van der Waals surface area contributed by atoms with Crippen molar-refractivity contribution >= 4 is 11.6 Å². The fourth-order valence-corrected chi connectivity index (χ4v) is 3.72. The zero-order valence-corrected chi connectivity index (χ0v) is 13.1. The van der Waals surface area contributed by atoms with E-state index in [1.54, 1.807) is 24.3 Å². The number of phenols is 1. The Morgan fingerprint density at radius 1 is 1.12 bits per heavy atom. The minimum Gasteiger partial charge on any atom is -0.507 e. The molecule has 0 amide bonds. The lowest BCUT2D eigenvalue weighted by Crippen LogP contribution is -2.22. The minimum atomic E-state index is -0.577. The Labute approximate surface area is 142 Å². The van der Waals surface area contributed by atoms with Gasteiger partial charge >= 0.3 is 0 Å². The lowest BCUT2D eigenvalue weighted by atomic mass is 9.81. The molecule has 2 aromatic carbocycles. The molecule has 1 N–H and O–H groups in total. The number of phenolic OH excluding ortho intramolecular Hbond substituents is 1. The van der Waals surface area contributed by atoms with Gasteiger partial charge < -0.3 is 19.3 Å². The van der Waals surface area contributed by atoms with Gasteiger partial charge in [0.15, 0.2) is 5.78 Å². The third-order valence-electron chi connectivity index (χ3n) is 4.86. The molecule has 0 bridgehead atoms. The van der Waals surface area contributed by atoms with E-state index in [-0.39, 0.29) is 39.7 Å². The van der Waals surface area contributed by atoms with Gasteiger partial charge in [-0.1, -0.05) is 12.1 Å². The maximum atomic E-state index is 13.1. The number of ketones is 2. The summed E-state index contributed by atoms with van der Waals surface area (Å²) in [4.78, 5) is 26.0. The first-order valence-electron chi connectivity index (χ1n) is 7.77. The fraction of sp³-hybridized carbons (Fsp3) is 0.158. The molecule has 2 unspecified atom stereocenters. The van der Waals surface area contributed by atoms with E-state index in [1.807, 2.05) is 0 Å². The Kier molecular flexibility index (Phi) is 2.61. The van der Waals surface area contributed by atoms with Crippen molar-refractivity contribution in [3.63, 3.8) is 0 Å². The van der Waals surface area contributed by atoms with E-state index in [4.69, 9.17) is 14.2 Å². The van der Waals surface area contributed by atoms with Crippen LogP contribution in [0.2, 0.25) is 0 Å². The number of hydrogen-bond donors (Lipinski definition) is 1. The third kappa shape index (κ3) is 1.63. The van der Waals surface area contributed by atoms with Crippen molar-refractivity contribution in [3.8, 4) is 17.2 Å². The largest absolute Gasteiger partial charge is 0.507 e. The van der Waals surface area contributed by atoms with Gasteiger partial charge in [0.25, 0.3) is 6.29 Å². The Hall–Kier alpha value is -3.28. The van der Waals surface area contributed by atoms with Crippen LogP contribution in [0.25, 0.3) is 0 Å². The molecule has 0 aromatic heterocycles. The van der Waals surface area contributed by atoms with Crippen molar-refractivity contribution in [2.45, 2.75) is 12.2 Å². The van der Waals surface area contributed by atoms with Crippen LogP contribution >= 0.6 is 0 Å². The lowest BCUT2D eigenvalue weighted by Gasteiger charge is -2.21. The predicted molar refractivity (Wildman–Crippen MR) is 85.3 cm³/mol. The van der Waals surface area contributed by atoms with Gasteiger partial charge in [-0.05, 0) is 18.2 Å². The van der Waals surface area contributed by atoms with Crippen molar-refractivity contribution in [2.24, 2.45) is 0 Å². The second kappa shape index (κ2) is 4.63. The zero-order valence-electron chi connectivity index (χ0n) is 13.1. The maximum absolute atomic E-state index is 13.1. The molecule has 0 fully saturated rings. The highest BCUT2D eigenvalue weighted by atomic mass is 16.7. The van der Waals surface area contributed by atoms with E-state index in [2.05, 4.69) is 0 Å². The molecule has 3 aliphatic rings. The van der Waals surface area contributed by atoms with Crippen molar-refractivity contribution in [1.29, 1.82) is 0 Å². The molecule has 2 aliphatic heterocycles. The number of carbonyl (C=O) groups excluding carboxylic acids is 2. The van der Waals surface area contributed by atoms with Crippen LogP contribution in [0.15, 0.2) is 36.6 Å². The summed E-state index contributed by atoms with van der Waals surface area (Å²) in [6.45, 7) is 0. The van der Waals surface area contributed by atoms with E-state index < -0.39 is 12.1 Å². The molecule has 124 valence electrons. The SMILES string of the molecule is COc1cccc2c1C(=O)c1c(cc3c(c1O)C1C=COC1O3)C2=O. The fourth-order valence-electron chi connectivity index (χ4n) is 3.72. The van der Waals surface area contributed by atoms with Crippen molar-refractivity contribution in [2.75, 3.05) is 7.11 Å². The molecule has 0 saturated carbocycles. The van der Waals surface area contributed by atoms with E-state index >= 15 is 0 Å². The highest BCUT2D eigenvalue weighted by Gasteiger charge is 2.44. The molecule has 0 radical (unpaired) electrons. The highest BCUT2D eigenvalue weighted by Crippen LogP contribution is 2.51. The Bertz CT molecular complexity index is 1000. The quantitative estimate of drug-likeness (QED) is 0.735. The topological polar surface area (TPSA) is 82.1 Å². The van der Waals surface area contributed by atoms with Crippen LogP contribution in [0.1, 0.15) is 43.3 Å². The van der Waals surface area contributed by atoms with E-state index in [9.17, 15) is 14.7 Å². The molecule has 2 atom stereocenters. The van der Waals surface area contributed by atoms with Crippen LogP contribution in [-0.4, -0.2) is 30.1 Å². The molecular formula is C19H12O6. The van der Waals surface area contributed by atoms with Gasteiger partial charge in [0.1, 0.15) is 17.2 Å².